The summed E-state index contributed by atoms with van der Waals surface area (Å²) < 4.78 is 5.22. The number of aryl methyl sites for hydroxylation is 1. The molecule has 0 bridgehead atoms. The number of methoxy groups -OCH3 is 1. The Morgan fingerprint density at radius 1 is 1.39 bits per heavy atom. The summed E-state index contributed by atoms with van der Waals surface area (Å²) in [4.78, 5) is 11.2. The number of hydrogen-bond acceptors (Lipinski definition) is 5. The molecule has 0 unspecified atom stereocenters. The summed E-state index contributed by atoms with van der Waals surface area (Å²) >= 11 is 0. The summed E-state index contributed by atoms with van der Waals surface area (Å²) in [6, 6.07) is 2.02. The van der Waals surface area contributed by atoms with Crippen LogP contribution in [0.1, 0.15) is 18.7 Å². The highest BCUT2D eigenvalue weighted by Gasteiger charge is 2.20. The Hall–Kier alpha value is -1.36. The molecule has 1 N–H and O–H groups in total. The molecular weight excluding hydrogens is 228 g/mol. The summed E-state index contributed by atoms with van der Waals surface area (Å²) in [6.07, 6.45) is 2.34. The smallest absolute Gasteiger partial charge is 0.134 e. The molecule has 5 nitrogen and oxygen atoms in total. The Balaban J connectivity index is 2.02. The van der Waals surface area contributed by atoms with Crippen LogP contribution in [0.25, 0.3) is 0 Å². The van der Waals surface area contributed by atoms with Crippen molar-refractivity contribution in [3.05, 3.63) is 11.9 Å². The number of piperidine rings is 1. The van der Waals surface area contributed by atoms with Crippen LogP contribution < -0.4 is 10.2 Å². The number of aromatic nitrogens is 2. The number of rotatable bonds is 4. The average molecular weight is 250 g/mol. The SMILES string of the molecule is CNc1cc(N2CCC(COC)CC2)nc(C)n1. The first kappa shape index (κ1) is 13.1. The van der Waals surface area contributed by atoms with Crippen LogP contribution in [0.5, 0.6) is 0 Å². The van der Waals surface area contributed by atoms with Crippen molar-refractivity contribution >= 4 is 11.6 Å². The topological polar surface area (TPSA) is 50.3 Å². The zero-order valence-electron chi connectivity index (χ0n) is 11.4. The van der Waals surface area contributed by atoms with E-state index in [9.17, 15) is 0 Å². The quantitative estimate of drug-likeness (QED) is 0.881. The highest BCUT2D eigenvalue weighted by atomic mass is 16.5. The minimum atomic E-state index is 0.693. The summed E-state index contributed by atoms with van der Waals surface area (Å²) in [5.74, 6) is 3.42. The lowest BCUT2D eigenvalue weighted by molar-refractivity contribution is 0.139. The van der Waals surface area contributed by atoms with E-state index >= 15 is 0 Å². The van der Waals surface area contributed by atoms with Gasteiger partial charge in [-0.15, -0.1) is 0 Å². The van der Waals surface area contributed by atoms with Crippen LogP contribution in [0.2, 0.25) is 0 Å². The van der Waals surface area contributed by atoms with Gasteiger partial charge in [0.1, 0.15) is 17.5 Å². The van der Waals surface area contributed by atoms with Gasteiger partial charge in [0, 0.05) is 39.9 Å². The predicted molar refractivity (Wildman–Crippen MR) is 73.1 cm³/mol. The van der Waals surface area contributed by atoms with E-state index in [2.05, 4.69) is 20.2 Å². The van der Waals surface area contributed by atoms with Crippen LogP contribution in [-0.4, -0.2) is 43.8 Å². The molecule has 1 saturated heterocycles. The summed E-state index contributed by atoms with van der Waals surface area (Å²) in [6.45, 7) is 4.90. The van der Waals surface area contributed by atoms with E-state index in [-0.39, 0.29) is 0 Å². The van der Waals surface area contributed by atoms with Crippen molar-refractivity contribution in [2.45, 2.75) is 19.8 Å². The first-order valence-corrected chi connectivity index (χ1v) is 6.50. The fraction of sp³-hybridized carbons (Fsp3) is 0.692. The lowest BCUT2D eigenvalue weighted by Gasteiger charge is -2.32. The molecule has 1 aliphatic rings. The third-order valence-corrected chi connectivity index (χ3v) is 3.42. The fourth-order valence-corrected chi connectivity index (χ4v) is 2.41. The van der Waals surface area contributed by atoms with Crippen LogP contribution in [-0.2, 0) is 4.74 Å². The number of anilines is 2. The highest BCUT2D eigenvalue weighted by molar-refractivity contribution is 5.49. The molecule has 0 aromatic carbocycles. The molecule has 0 atom stereocenters. The largest absolute Gasteiger partial charge is 0.384 e. The van der Waals surface area contributed by atoms with Crippen LogP contribution >= 0.6 is 0 Å². The Labute approximate surface area is 109 Å². The molecule has 0 amide bonds. The van der Waals surface area contributed by atoms with Crippen LogP contribution in [0.3, 0.4) is 0 Å². The molecule has 0 spiro atoms. The molecule has 100 valence electrons. The molecule has 2 heterocycles. The van der Waals surface area contributed by atoms with Crippen molar-refractivity contribution in [2.24, 2.45) is 5.92 Å². The van der Waals surface area contributed by atoms with E-state index in [0.29, 0.717) is 5.92 Å². The maximum atomic E-state index is 5.22. The molecule has 2 rings (SSSR count). The van der Waals surface area contributed by atoms with Crippen LogP contribution in [0.15, 0.2) is 6.07 Å². The predicted octanol–water partition coefficient (Wildman–Crippen LogP) is 1.69. The van der Waals surface area contributed by atoms with Gasteiger partial charge in [0.25, 0.3) is 0 Å². The number of ether oxygens (including phenoxy) is 1. The van der Waals surface area contributed by atoms with Gasteiger partial charge in [0.05, 0.1) is 0 Å². The average Bonchev–Trinajstić information content (AvgIpc) is 2.39. The summed E-state index contributed by atoms with van der Waals surface area (Å²) in [5, 5.41) is 3.08. The van der Waals surface area contributed by atoms with E-state index in [1.165, 1.54) is 12.8 Å². The zero-order chi connectivity index (χ0) is 13.0. The molecule has 1 aliphatic heterocycles. The van der Waals surface area contributed by atoms with E-state index < -0.39 is 0 Å². The molecule has 18 heavy (non-hydrogen) atoms. The fourth-order valence-electron chi connectivity index (χ4n) is 2.41. The number of nitrogens with zero attached hydrogens (tertiary/aromatic N) is 3. The Morgan fingerprint density at radius 2 is 2.11 bits per heavy atom. The van der Waals surface area contributed by atoms with Gasteiger partial charge in [-0.2, -0.15) is 0 Å². The van der Waals surface area contributed by atoms with Crippen LogP contribution in [0, 0.1) is 12.8 Å². The molecule has 1 aromatic heterocycles. The molecule has 1 aromatic rings. The molecule has 1 fully saturated rings. The van der Waals surface area contributed by atoms with Gasteiger partial charge in [-0.25, -0.2) is 9.97 Å². The van der Waals surface area contributed by atoms with Gasteiger partial charge in [-0.3, -0.25) is 0 Å². The standard InChI is InChI=1S/C13H22N4O/c1-10-15-12(14-2)8-13(16-10)17-6-4-11(5-7-17)9-18-3/h8,11H,4-7,9H2,1-3H3,(H,14,15,16). The Morgan fingerprint density at radius 3 is 2.72 bits per heavy atom. The van der Waals surface area contributed by atoms with Gasteiger partial charge in [-0.05, 0) is 25.7 Å². The van der Waals surface area contributed by atoms with E-state index in [1.54, 1.807) is 7.11 Å². The van der Waals surface area contributed by atoms with Gasteiger partial charge < -0.3 is 15.0 Å². The minimum Gasteiger partial charge on any atom is -0.384 e. The zero-order valence-corrected chi connectivity index (χ0v) is 11.4. The minimum absolute atomic E-state index is 0.693. The third kappa shape index (κ3) is 3.10. The van der Waals surface area contributed by atoms with Gasteiger partial charge >= 0.3 is 0 Å². The van der Waals surface area contributed by atoms with E-state index in [0.717, 1.165) is 37.2 Å². The Bertz CT molecular complexity index is 389. The maximum Gasteiger partial charge on any atom is 0.134 e. The number of hydrogen-bond donors (Lipinski definition) is 1. The lowest BCUT2D eigenvalue weighted by Crippen LogP contribution is -2.35. The van der Waals surface area contributed by atoms with E-state index in [4.69, 9.17) is 4.74 Å². The van der Waals surface area contributed by atoms with Crippen LogP contribution in [0.4, 0.5) is 11.6 Å². The second-order valence-electron chi connectivity index (χ2n) is 4.79. The molecular formula is C13H22N4O. The normalized spacial score (nSPS) is 16.9. The first-order valence-electron chi connectivity index (χ1n) is 6.50. The molecule has 0 radical (unpaired) electrons. The highest BCUT2D eigenvalue weighted by Crippen LogP contribution is 2.23. The first-order chi connectivity index (χ1) is 8.72. The number of nitrogens with one attached hydrogen (secondary N) is 1. The van der Waals surface area contributed by atoms with Crippen molar-refractivity contribution < 1.29 is 4.74 Å². The monoisotopic (exact) mass is 250 g/mol. The lowest BCUT2D eigenvalue weighted by atomic mass is 9.98. The maximum absolute atomic E-state index is 5.22. The second-order valence-corrected chi connectivity index (χ2v) is 4.79. The van der Waals surface area contributed by atoms with Crippen molar-refractivity contribution in [1.29, 1.82) is 0 Å². The van der Waals surface area contributed by atoms with Gasteiger partial charge in [0.15, 0.2) is 0 Å². The second kappa shape index (κ2) is 6.00. The summed E-state index contributed by atoms with van der Waals surface area (Å²) in [5.41, 5.74) is 0. The molecule has 5 heteroatoms. The van der Waals surface area contributed by atoms with Crippen molar-refractivity contribution in [2.75, 3.05) is 44.1 Å². The van der Waals surface area contributed by atoms with E-state index in [1.807, 2.05) is 20.0 Å². The van der Waals surface area contributed by atoms with Crippen molar-refractivity contribution in [1.82, 2.24) is 9.97 Å². The van der Waals surface area contributed by atoms with Gasteiger partial charge in [0.2, 0.25) is 0 Å². The molecule has 0 saturated carbocycles. The molecule has 0 aliphatic carbocycles. The summed E-state index contributed by atoms with van der Waals surface area (Å²) in [7, 11) is 3.66. The Kier molecular flexibility index (Phi) is 4.36. The van der Waals surface area contributed by atoms with Crippen molar-refractivity contribution in [3.63, 3.8) is 0 Å². The third-order valence-electron chi connectivity index (χ3n) is 3.42. The van der Waals surface area contributed by atoms with Gasteiger partial charge in [-0.1, -0.05) is 0 Å². The van der Waals surface area contributed by atoms with Crippen molar-refractivity contribution in [3.8, 4) is 0 Å².